The van der Waals surface area contributed by atoms with Crippen LogP contribution < -0.4 is 10.5 Å². The number of ether oxygens (including phenoxy) is 1. The molecule has 1 rings (SSSR count). The van der Waals surface area contributed by atoms with Crippen molar-refractivity contribution in [2.45, 2.75) is 12.4 Å². The van der Waals surface area contributed by atoms with E-state index in [1.807, 2.05) is 0 Å². The zero-order valence-electron chi connectivity index (χ0n) is 7.96. The molecule has 7 heteroatoms. The average Bonchev–Trinajstić information content (AvgIpc) is 2.18. The summed E-state index contributed by atoms with van der Waals surface area (Å²) in [7, 11) is 0. The minimum absolute atomic E-state index is 0.210. The van der Waals surface area contributed by atoms with E-state index in [9.17, 15) is 13.2 Å². The monoisotopic (exact) mass is 255 g/mol. The second kappa shape index (κ2) is 4.90. The van der Waals surface area contributed by atoms with Crippen LogP contribution in [0.5, 0.6) is 5.75 Å². The summed E-state index contributed by atoms with van der Waals surface area (Å²) >= 11 is 5.57. The Balaban J connectivity index is 2.92. The van der Waals surface area contributed by atoms with Crippen molar-refractivity contribution in [1.82, 2.24) is 0 Å². The maximum Gasteiger partial charge on any atom is 0.573 e. The molecule has 0 bridgehead atoms. The van der Waals surface area contributed by atoms with Crippen molar-refractivity contribution in [1.29, 1.82) is 0 Å². The molecule has 0 aromatic heterocycles. The Labute approximate surface area is 94.6 Å². The van der Waals surface area contributed by atoms with E-state index in [2.05, 4.69) is 4.74 Å². The minimum atomic E-state index is -4.79. The van der Waals surface area contributed by atoms with Crippen molar-refractivity contribution in [2.75, 3.05) is 6.61 Å². The van der Waals surface area contributed by atoms with Gasteiger partial charge in [-0.2, -0.15) is 0 Å². The predicted octanol–water partition coefficient (Wildman–Crippen LogP) is 2.23. The first kappa shape index (κ1) is 13.1. The highest BCUT2D eigenvalue weighted by Crippen LogP contribution is 2.31. The van der Waals surface area contributed by atoms with Gasteiger partial charge < -0.3 is 15.6 Å². The molecule has 0 aliphatic heterocycles. The molecule has 1 aromatic rings. The number of halogens is 4. The fourth-order valence-electron chi connectivity index (χ4n) is 1.06. The summed E-state index contributed by atoms with van der Waals surface area (Å²) in [5.41, 5.74) is 5.90. The third-order valence-corrected chi connectivity index (χ3v) is 2.10. The first-order valence-corrected chi connectivity index (χ1v) is 4.63. The van der Waals surface area contributed by atoms with Gasteiger partial charge in [-0.25, -0.2) is 0 Å². The van der Waals surface area contributed by atoms with Gasteiger partial charge in [0.05, 0.1) is 17.7 Å². The largest absolute Gasteiger partial charge is 0.573 e. The van der Waals surface area contributed by atoms with Crippen molar-refractivity contribution < 1.29 is 23.0 Å². The maximum atomic E-state index is 11.9. The van der Waals surface area contributed by atoms with Crippen LogP contribution in [-0.2, 0) is 0 Å². The third kappa shape index (κ3) is 3.55. The molecule has 0 heterocycles. The summed E-state index contributed by atoms with van der Waals surface area (Å²) in [4.78, 5) is 0. The minimum Gasteiger partial charge on any atom is -0.404 e. The zero-order valence-corrected chi connectivity index (χ0v) is 8.72. The number of benzene rings is 1. The second-order valence-corrected chi connectivity index (χ2v) is 3.43. The number of alkyl halides is 3. The molecule has 0 spiro atoms. The van der Waals surface area contributed by atoms with Gasteiger partial charge in [0, 0.05) is 0 Å². The molecule has 0 saturated carbocycles. The quantitative estimate of drug-likeness (QED) is 0.871. The molecule has 0 amide bonds. The van der Waals surface area contributed by atoms with Crippen LogP contribution in [0.25, 0.3) is 0 Å². The molecule has 0 aliphatic carbocycles. The highest BCUT2D eigenvalue weighted by Gasteiger charge is 2.32. The molecule has 90 valence electrons. The van der Waals surface area contributed by atoms with Gasteiger partial charge in [-0.1, -0.05) is 17.7 Å². The Hall–Kier alpha value is -0.980. The van der Waals surface area contributed by atoms with Crippen LogP contribution in [0.4, 0.5) is 13.2 Å². The first-order chi connectivity index (χ1) is 7.33. The van der Waals surface area contributed by atoms with Crippen molar-refractivity contribution in [2.24, 2.45) is 5.73 Å². The summed E-state index contributed by atoms with van der Waals surface area (Å²) in [5, 5.41) is 8.55. The topological polar surface area (TPSA) is 55.5 Å². The molecule has 0 radical (unpaired) electrons. The van der Waals surface area contributed by atoms with Crippen molar-refractivity contribution >= 4 is 11.6 Å². The third-order valence-electron chi connectivity index (χ3n) is 1.81. The van der Waals surface area contributed by atoms with Crippen LogP contribution in [0.15, 0.2) is 18.2 Å². The Morgan fingerprint density at radius 2 is 2.06 bits per heavy atom. The van der Waals surface area contributed by atoms with Gasteiger partial charge >= 0.3 is 6.36 Å². The number of aliphatic hydroxyl groups excluding tert-OH is 1. The molecule has 0 fully saturated rings. The van der Waals surface area contributed by atoms with E-state index < -0.39 is 18.2 Å². The number of nitrogens with two attached hydrogens (primary N) is 1. The summed E-state index contributed by atoms with van der Waals surface area (Å²) in [6.45, 7) is -0.324. The molecule has 1 aromatic carbocycles. The van der Waals surface area contributed by atoms with E-state index in [0.717, 1.165) is 6.07 Å². The molecule has 0 aliphatic rings. The maximum absolute atomic E-state index is 11.9. The van der Waals surface area contributed by atoms with Gasteiger partial charge in [-0.15, -0.1) is 13.2 Å². The molecular weight excluding hydrogens is 247 g/mol. The summed E-state index contributed by atoms with van der Waals surface area (Å²) in [5.74, 6) is -0.497. The van der Waals surface area contributed by atoms with Gasteiger partial charge in [0.1, 0.15) is 5.75 Å². The lowest BCUT2D eigenvalue weighted by Gasteiger charge is -2.13. The predicted molar refractivity (Wildman–Crippen MR) is 52.1 cm³/mol. The highest BCUT2D eigenvalue weighted by molar-refractivity contribution is 6.32. The van der Waals surface area contributed by atoms with Crippen LogP contribution in [0.3, 0.4) is 0 Å². The summed E-state index contributed by atoms with van der Waals surface area (Å²) in [6, 6.07) is 2.91. The molecular formula is C9H9ClF3NO2. The van der Waals surface area contributed by atoms with Gasteiger partial charge in [-0.3, -0.25) is 0 Å². The Kier molecular flexibility index (Phi) is 4.01. The lowest BCUT2D eigenvalue weighted by Crippen LogP contribution is -2.18. The zero-order chi connectivity index (χ0) is 12.3. The lowest BCUT2D eigenvalue weighted by atomic mass is 10.1. The molecule has 3 N–H and O–H groups in total. The van der Waals surface area contributed by atoms with Crippen LogP contribution >= 0.6 is 11.6 Å². The first-order valence-electron chi connectivity index (χ1n) is 4.25. The van der Waals surface area contributed by atoms with Crippen molar-refractivity contribution in [3.63, 3.8) is 0 Å². The molecule has 0 saturated heterocycles. The Morgan fingerprint density at radius 1 is 1.44 bits per heavy atom. The number of hydrogen-bond acceptors (Lipinski definition) is 3. The normalized spacial score (nSPS) is 13.6. The smallest absolute Gasteiger partial charge is 0.404 e. The van der Waals surface area contributed by atoms with E-state index in [1.54, 1.807) is 0 Å². The van der Waals surface area contributed by atoms with E-state index in [1.165, 1.54) is 12.1 Å². The van der Waals surface area contributed by atoms with Crippen LogP contribution in [0, 0.1) is 0 Å². The Morgan fingerprint density at radius 3 is 2.50 bits per heavy atom. The Bertz CT molecular complexity index is 370. The molecule has 0 unspecified atom stereocenters. The number of aliphatic hydroxyl groups is 1. The molecule has 16 heavy (non-hydrogen) atoms. The highest BCUT2D eigenvalue weighted by atomic mass is 35.5. The van der Waals surface area contributed by atoms with Gasteiger partial charge in [0.25, 0.3) is 0 Å². The van der Waals surface area contributed by atoms with E-state index in [-0.39, 0.29) is 11.6 Å². The van der Waals surface area contributed by atoms with E-state index >= 15 is 0 Å². The lowest BCUT2D eigenvalue weighted by molar-refractivity contribution is -0.274. The van der Waals surface area contributed by atoms with Crippen molar-refractivity contribution in [3.05, 3.63) is 28.8 Å². The fraction of sp³-hybridized carbons (Fsp3) is 0.333. The number of hydrogen-bond donors (Lipinski definition) is 2. The number of rotatable bonds is 3. The standard InChI is InChI=1S/C9H9ClF3NO2/c10-6-3-5(7(14)4-15)1-2-8(6)16-9(11,12)13/h1-3,7,15H,4,14H2/t7-/m0/s1. The fourth-order valence-corrected chi connectivity index (χ4v) is 1.29. The molecule has 1 atom stereocenters. The summed E-state index contributed by atoms with van der Waals surface area (Å²) < 4.78 is 39.4. The SMILES string of the molecule is N[C@@H](CO)c1ccc(OC(F)(F)F)c(Cl)c1. The average molecular weight is 256 g/mol. The van der Waals surface area contributed by atoms with Gasteiger partial charge in [-0.05, 0) is 17.7 Å². The van der Waals surface area contributed by atoms with Crippen LogP contribution in [0.1, 0.15) is 11.6 Å². The van der Waals surface area contributed by atoms with Gasteiger partial charge in [0.2, 0.25) is 0 Å². The van der Waals surface area contributed by atoms with E-state index in [4.69, 9.17) is 22.4 Å². The van der Waals surface area contributed by atoms with Gasteiger partial charge in [0.15, 0.2) is 0 Å². The van der Waals surface area contributed by atoms with Crippen molar-refractivity contribution in [3.8, 4) is 5.75 Å². The summed E-state index contributed by atoms with van der Waals surface area (Å²) in [6.07, 6.45) is -4.79. The second-order valence-electron chi connectivity index (χ2n) is 3.03. The van der Waals surface area contributed by atoms with E-state index in [0.29, 0.717) is 5.56 Å². The van der Waals surface area contributed by atoms with Crippen LogP contribution in [0.2, 0.25) is 5.02 Å². The van der Waals surface area contributed by atoms with Crippen LogP contribution in [-0.4, -0.2) is 18.1 Å². The molecule has 3 nitrogen and oxygen atoms in total.